The number of nitrogens with one attached hydrogen (secondary N) is 1. The fraction of sp³-hybridized carbons (Fsp3) is 0.231. The van der Waals surface area contributed by atoms with Gasteiger partial charge >= 0.3 is 0 Å². The molecule has 96 valence electrons. The van der Waals surface area contributed by atoms with Crippen molar-refractivity contribution in [3.8, 4) is 23.2 Å². The molecule has 1 aliphatic heterocycles. The van der Waals surface area contributed by atoms with Crippen molar-refractivity contribution >= 4 is 11.6 Å². The molecule has 0 atom stereocenters. The van der Waals surface area contributed by atoms with Crippen molar-refractivity contribution in [2.75, 3.05) is 7.11 Å². The lowest BCUT2D eigenvalue weighted by atomic mass is 10.1. The smallest absolute Gasteiger partial charge is 0.180 e. The van der Waals surface area contributed by atoms with E-state index in [1.54, 1.807) is 18.1 Å². The van der Waals surface area contributed by atoms with Crippen LogP contribution in [0.3, 0.4) is 0 Å². The van der Waals surface area contributed by atoms with Gasteiger partial charge in [-0.05, 0) is 18.2 Å². The first-order valence-electron chi connectivity index (χ1n) is 5.77. The van der Waals surface area contributed by atoms with Crippen LogP contribution < -0.4 is 4.74 Å². The van der Waals surface area contributed by atoms with Gasteiger partial charge in [-0.3, -0.25) is 10.00 Å². The van der Waals surface area contributed by atoms with Gasteiger partial charge in [-0.2, -0.15) is 10.4 Å². The van der Waals surface area contributed by atoms with Gasteiger partial charge in [-0.25, -0.2) is 0 Å². The van der Waals surface area contributed by atoms with E-state index in [1.807, 2.05) is 12.1 Å². The second-order valence-electron chi connectivity index (χ2n) is 4.32. The maximum Gasteiger partial charge on any atom is 0.180 e. The molecule has 19 heavy (non-hydrogen) atoms. The van der Waals surface area contributed by atoms with Crippen LogP contribution in [-0.4, -0.2) is 22.2 Å². The molecule has 0 bridgehead atoms. The van der Waals surface area contributed by atoms with E-state index in [0.717, 1.165) is 22.5 Å². The summed E-state index contributed by atoms with van der Waals surface area (Å²) in [6.45, 7) is 1.13. The van der Waals surface area contributed by atoms with Crippen molar-refractivity contribution in [2.45, 2.75) is 13.1 Å². The Kier molecular flexibility index (Phi) is 2.80. The number of benzene rings is 1. The summed E-state index contributed by atoms with van der Waals surface area (Å²) in [4.78, 5) is 1.66. The molecule has 0 unspecified atom stereocenters. The molecule has 1 aromatic carbocycles. The van der Waals surface area contributed by atoms with Crippen molar-refractivity contribution in [3.63, 3.8) is 0 Å². The van der Waals surface area contributed by atoms with Gasteiger partial charge in [0, 0.05) is 16.1 Å². The van der Waals surface area contributed by atoms with Crippen molar-refractivity contribution in [1.29, 1.82) is 5.26 Å². The highest BCUT2D eigenvalue weighted by Crippen LogP contribution is 2.36. The molecule has 6 heteroatoms. The van der Waals surface area contributed by atoms with E-state index in [1.165, 1.54) is 0 Å². The number of methoxy groups -OCH3 is 1. The van der Waals surface area contributed by atoms with Crippen molar-refractivity contribution < 1.29 is 4.74 Å². The number of ether oxygens (including phenoxy) is 1. The number of rotatable bonds is 2. The van der Waals surface area contributed by atoms with Crippen LogP contribution in [0.1, 0.15) is 11.3 Å². The molecule has 1 aromatic heterocycles. The van der Waals surface area contributed by atoms with Crippen LogP contribution in [0, 0.1) is 11.5 Å². The van der Waals surface area contributed by atoms with E-state index in [2.05, 4.69) is 16.4 Å². The summed E-state index contributed by atoms with van der Waals surface area (Å²) in [6, 6.07) is 5.47. The molecule has 0 saturated heterocycles. The van der Waals surface area contributed by atoms with Gasteiger partial charge in [0.1, 0.15) is 5.75 Å². The summed E-state index contributed by atoms with van der Waals surface area (Å²) >= 11 is 5.96. The van der Waals surface area contributed by atoms with E-state index in [-0.39, 0.29) is 0 Å². The molecule has 2 heterocycles. The zero-order valence-electron chi connectivity index (χ0n) is 10.3. The molecule has 1 aliphatic rings. The third kappa shape index (κ3) is 1.90. The Bertz CT molecular complexity index is 674. The van der Waals surface area contributed by atoms with E-state index >= 15 is 0 Å². The number of H-pyrrole nitrogens is 1. The van der Waals surface area contributed by atoms with Gasteiger partial charge < -0.3 is 4.74 Å². The normalized spacial score (nSPS) is 13.2. The van der Waals surface area contributed by atoms with Crippen LogP contribution in [0.2, 0.25) is 5.02 Å². The van der Waals surface area contributed by atoms with Gasteiger partial charge in [-0.15, -0.1) is 0 Å². The SMILES string of the molecule is COc1cc(Cl)ccc1-c1[nH]nc2c1CN(C#N)C2. The second-order valence-corrected chi connectivity index (χ2v) is 4.76. The first-order valence-corrected chi connectivity index (χ1v) is 6.15. The Labute approximate surface area is 115 Å². The van der Waals surface area contributed by atoms with Crippen molar-refractivity contribution in [1.82, 2.24) is 15.1 Å². The largest absolute Gasteiger partial charge is 0.496 e. The summed E-state index contributed by atoms with van der Waals surface area (Å²) in [7, 11) is 1.60. The monoisotopic (exact) mass is 274 g/mol. The summed E-state index contributed by atoms with van der Waals surface area (Å²) < 4.78 is 5.35. The highest BCUT2D eigenvalue weighted by molar-refractivity contribution is 6.30. The number of fused-ring (bicyclic) bond motifs is 1. The summed E-state index contributed by atoms with van der Waals surface area (Å²) in [5.74, 6) is 0.689. The zero-order chi connectivity index (χ0) is 13.4. The van der Waals surface area contributed by atoms with Gasteiger partial charge in [-0.1, -0.05) is 11.6 Å². The molecule has 0 saturated carbocycles. The Hall–Kier alpha value is -2.19. The van der Waals surface area contributed by atoms with E-state index in [4.69, 9.17) is 21.6 Å². The molecule has 0 aliphatic carbocycles. The topological polar surface area (TPSA) is 64.9 Å². The van der Waals surface area contributed by atoms with Crippen molar-refractivity contribution in [3.05, 3.63) is 34.5 Å². The summed E-state index contributed by atoms with van der Waals surface area (Å²) in [6.07, 6.45) is 2.14. The lowest BCUT2D eigenvalue weighted by molar-refractivity contribution is 0.410. The van der Waals surface area contributed by atoms with E-state index in [9.17, 15) is 0 Å². The highest BCUT2D eigenvalue weighted by atomic mass is 35.5. The average Bonchev–Trinajstić information content (AvgIpc) is 2.98. The second kappa shape index (κ2) is 4.48. The predicted molar refractivity (Wildman–Crippen MR) is 70.4 cm³/mol. The summed E-state index contributed by atoms with van der Waals surface area (Å²) in [5.41, 5.74) is 3.75. The molecule has 0 amide bonds. The molecule has 1 N–H and O–H groups in total. The number of hydrogen-bond acceptors (Lipinski definition) is 4. The Morgan fingerprint density at radius 3 is 3.05 bits per heavy atom. The number of aromatic amines is 1. The molecule has 0 fully saturated rings. The van der Waals surface area contributed by atoms with Gasteiger partial charge in [0.2, 0.25) is 0 Å². The fourth-order valence-corrected chi connectivity index (χ4v) is 2.46. The average molecular weight is 275 g/mol. The minimum absolute atomic E-state index is 0.554. The molecular weight excluding hydrogens is 264 g/mol. The Morgan fingerprint density at radius 2 is 2.32 bits per heavy atom. The third-order valence-corrected chi connectivity index (χ3v) is 3.45. The van der Waals surface area contributed by atoms with Gasteiger partial charge in [0.05, 0.1) is 31.6 Å². The number of nitriles is 1. The Morgan fingerprint density at radius 1 is 1.47 bits per heavy atom. The minimum Gasteiger partial charge on any atom is -0.496 e. The fourth-order valence-electron chi connectivity index (χ4n) is 2.30. The Balaban J connectivity index is 2.08. The molecule has 0 radical (unpaired) electrons. The maximum absolute atomic E-state index is 8.95. The van der Waals surface area contributed by atoms with Gasteiger partial charge in [0.25, 0.3) is 0 Å². The molecule has 0 spiro atoms. The number of aromatic nitrogens is 2. The lowest BCUT2D eigenvalue weighted by Crippen LogP contribution is -2.08. The molecule has 5 nitrogen and oxygen atoms in total. The van der Waals surface area contributed by atoms with Crippen LogP contribution in [0.25, 0.3) is 11.3 Å². The third-order valence-electron chi connectivity index (χ3n) is 3.22. The van der Waals surface area contributed by atoms with Crippen LogP contribution in [0.5, 0.6) is 5.75 Å². The first-order chi connectivity index (χ1) is 9.22. The lowest BCUT2D eigenvalue weighted by Gasteiger charge is -2.09. The molecule has 2 aromatic rings. The standard InChI is InChI=1S/C13H11ClN4O/c1-19-12-4-8(14)2-3-9(12)13-10-5-18(7-15)6-11(10)16-17-13/h2-4H,5-6H2,1H3,(H,16,17). The zero-order valence-corrected chi connectivity index (χ0v) is 11.0. The van der Waals surface area contributed by atoms with E-state index in [0.29, 0.717) is 23.9 Å². The maximum atomic E-state index is 8.95. The van der Waals surface area contributed by atoms with E-state index < -0.39 is 0 Å². The summed E-state index contributed by atoms with van der Waals surface area (Å²) in [5, 5.41) is 16.9. The van der Waals surface area contributed by atoms with Crippen LogP contribution in [-0.2, 0) is 13.1 Å². The van der Waals surface area contributed by atoms with Crippen LogP contribution in [0.4, 0.5) is 0 Å². The molecular formula is C13H11ClN4O. The van der Waals surface area contributed by atoms with Crippen LogP contribution in [0.15, 0.2) is 18.2 Å². The van der Waals surface area contributed by atoms with Crippen molar-refractivity contribution in [2.24, 2.45) is 0 Å². The molecule has 3 rings (SSSR count). The van der Waals surface area contributed by atoms with Crippen LogP contribution >= 0.6 is 11.6 Å². The minimum atomic E-state index is 0.554. The highest BCUT2D eigenvalue weighted by Gasteiger charge is 2.26. The predicted octanol–water partition coefficient (Wildman–Crippen LogP) is 2.54. The van der Waals surface area contributed by atoms with Gasteiger partial charge in [0.15, 0.2) is 6.19 Å². The number of hydrogen-bond donors (Lipinski definition) is 1. The quantitative estimate of drug-likeness (QED) is 0.855. The first kappa shape index (κ1) is 11.9. The number of halogens is 1. The number of nitrogens with zero attached hydrogens (tertiary/aromatic N) is 3.